The fraction of sp³-hybridized carbons (Fsp3) is 0.562. The molecule has 0 aliphatic carbocycles. The van der Waals surface area contributed by atoms with Crippen molar-refractivity contribution in [2.45, 2.75) is 44.4 Å². The lowest BCUT2D eigenvalue weighted by atomic mass is 9.88. The topological polar surface area (TPSA) is 61.8 Å². The number of hydrogen-bond donors (Lipinski definition) is 0. The first-order chi connectivity index (χ1) is 11.3. The summed E-state index contributed by atoms with van der Waals surface area (Å²) in [4.78, 5) is 11.6. The highest BCUT2D eigenvalue weighted by Gasteiger charge is 2.60. The summed E-state index contributed by atoms with van der Waals surface area (Å²) < 4.78 is 57.1. The SMILES string of the molecule is CCOP(=O)(OCC)C(F)(F)CC1(c2ccccc2)CCC(=O)O1. The van der Waals surface area contributed by atoms with E-state index in [1.54, 1.807) is 30.3 Å². The first-order valence-corrected chi connectivity index (χ1v) is 9.37. The first kappa shape index (κ1) is 19.0. The highest BCUT2D eigenvalue weighted by Crippen LogP contribution is 2.66. The van der Waals surface area contributed by atoms with Crippen molar-refractivity contribution in [2.75, 3.05) is 13.2 Å². The molecular formula is C16H21F2O5P. The Morgan fingerprint density at radius 1 is 1.21 bits per heavy atom. The number of ether oxygens (including phenoxy) is 1. The second-order valence-electron chi connectivity index (χ2n) is 5.51. The molecule has 0 spiro atoms. The Labute approximate surface area is 139 Å². The van der Waals surface area contributed by atoms with Crippen molar-refractivity contribution in [3.8, 4) is 0 Å². The lowest BCUT2D eigenvalue weighted by Gasteiger charge is -2.34. The van der Waals surface area contributed by atoms with Gasteiger partial charge >= 0.3 is 19.2 Å². The number of benzene rings is 1. The normalized spacial score (nSPS) is 21.8. The van der Waals surface area contributed by atoms with Crippen molar-refractivity contribution in [1.82, 2.24) is 0 Å². The summed E-state index contributed by atoms with van der Waals surface area (Å²) in [6.45, 7) is 2.57. The summed E-state index contributed by atoms with van der Waals surface area (Å²) >= 11 is 0. The molecule has 1 saturated heterocycles. The molecule has 1 aliphatic rings. The Kier molecular flexibility index (Phi) is 5.78. The molecule has 0 saturated carbocycles. The number of carbonyl (C=O) groups is 1. The maximum atomic E-state index is 14.9. The van der Waals surface area contributed by atoms with Gasteiger partial charge in [-0.15, -0.1) is 0 Å². The van der Waals surface area contributed by atoms with E-state index in [1.165, 1.54) is 13.8 Å². The lowest BCUT2D eigenvalue weighted by Crippen LogP contribution is -2.35. The molecule has 2 rings (SSSR count). The van der Waals surface area contributed by atoms with Crippen LogP contribution in [0.3, 0.4) is 0 Å². The van der Waals surface area contributed by atoms with Crippen LogP contribution in [0.2, 0.25) is 0 Å². The fourth-order valence-corrected chi connectivity index (χ4v) is 4.38. The summed E-state index contributed by atoms with van der Waals surface area (Å²) in [5.74, 6) is -0.558. The monoisotopic (exact) mass is 362 g/mol. The van der Waals surface area contributed by atoms with E-state index in [-0.39, 0.29) is 26.1 Å². The van der Waals surface area contributed by atoms with Gasteiger partial charge in [0.05, 0.1) is 19.6 Å². The van der Waals surface area contributed by atoms with Gasteiger partial charge in [0.1, 0.15) is 5.60 Å². The zero-order valence-corrected chi connectivity index (χ0v) is 14.6. The molecule has 134 valence electrons. The summed E-state index contributed by atoms with van der Waals surface area (Å²) in [7, 11) is -4.68. The number of esters is 1. The van der Waals surface area contributed by atoms with E-state index in [1.807, 2.05) is 0 Å². The predicted molar refractivity (Wildman–Crippen MR) is 83.9 cm³/mol. The summed E-state index contributed by atoms with van der Waals surface area (Å²) in [6, 6.07) is 8.30. The molecule has 0 amide bonds. The Hall–Kier alpha value is -1.30. The lowest BCUT2D eigenvalue weighted by molar-refractivity contribution is -0.154. The van der Waals surface area contributed by atoms with Crippen molar-refractivity contribution >= 4 is 13.6 Å². The molecule has 0 aromatic heterocycles. The summed E-state index contributed by atoms with van der Waals surface area (Å²) in [5, 5.41) is 0. The Bertz CT molecular complexity index is 612. The van der Waals surface area contributed by atoms with Gasteiger partial charge in [0.15, 0.2) is 0 Å². The largest absolute Gasteiger partial charge is 0.454 e. The highest BCUT2D eigenvalue weighted by molar-refractivity contribution is 7.55. The highest BCUT2D eigenvalue weighted by atomic mass is 31.2. The molecule has 1 unspecified atom stereocenters. The van der Waals surface area contributed by atoms with Gasteiger partial charge in [-0.1, -0.05) is 30.3 Å². The molecule has 1 fully saturated rings. The van der Waals surface area contributed by atoms with E-state index in [0.717, 1.165) is 0 Å². The minimum atomic E-state index is -4.68. The van der Waals surface area contributed by atoms with Crippen LogP contribution in [-0.4, -0.2) is 24.8 Å². The molecule has 5 nitrogen and oxygen atoms in total. The van der Waals surface area contributed by atoms with E-state index in [2.05, 4.69) is 0 Å². The van der Waals surface area contributed by atoms with E-state index in [0.29, 0.717) is 5.56 Å². The van der Waals surface area contributed by atoms with Crippen molar-refractivity contribution in [3.63, 3.8) is 0 Å². The number of alkyl halides is 2. The standard InChI is InChI=1S/C16H21F2O5P/c1-3-21-24(20,22-4-2)16(17,18)12-15(11-10-14(19)23-15)13-8-6-5-7-9-13/h5-9H,3-4,10-12H2,1-2H3. The average Bonchev–Trinajstić information content (AvgIpc) is 2.90. The Morgan fingerprint density at radius 3 is 2.25 bits per heavy atom. The molecule has 0 radical (unpaired) electrons. The van der Waals surface area contributed by atoms with Gasteiger partial charge in [0.25, 0.3) is 0 Å². The van der Waals surface area contributed by atoms with Gasteiger partial charge in [-0.25, -0.2) is 0 Å². The third-order valence-electron chi connectivity index (χ3n) is 3.84. The minimum Gasteiger partial charge on any atom is -0.454 e. The number of cyclic esters (lactones) is 1. The van der Waals surface area contributed by atoms with Crippen molar-refractivity contribution < 1.29 is 31.9 Å². The summed E-state index contributed by atoms with van der Waals surface area (Å²) in [5.41, 5.74) is -4.89. The molecule has 0 N–H and O–H groups in total. The van der Waals surface area contributed by atoms with Crippen LogP contribution >= 0.6 is 7.60 Å². The van der Waals surface area contributed by atoms with Crippen LogP contribution in [0.15, 0.2) is 30.3 Å². The van der Waals surface area contributed by atoms with Crippen molar-refractivity contribution in [3.05, 3.63) is 35.9 Å². The van der Waals surface area contributed by atoms with Crippen molar-refractivity contribution in [1.29, 1.82) is 0 Å². The number of carbonyl (C=O) groups excluding carboxylic acids is 1. The zero-order chi connectivity index (χ0) is 17.8. The molecule has 1 atom stereocenters. The van der Waals surface area contributed by atoms with E-state index < -0.39 is 31.3 Å². The number of hydrogen-bond acceptors (Lipinski definition) is 5. The molecule has 1 heterocycles. The number of rotatable bonds is 8. The second-order valence-corrected chi connectivity index (χ2v) is 7.68. The first-order valence-electron chi connectivity index (χ1n) is 7.83. The zero-order valence-electron chi connectivity index (χ0n) is 13.7. The van der Waals surface area contributed by atoms with Crippen LogP contribution in [-0.2, 0) is 28.7 Å². The molecule has 1 aromatic carbocycles. The fourth-order valence-electron chi connectivity index (χ4n) is 2.80. The number of halogens is 2. The van der Waals surface area contributed by atoms with Crippen molar-refractivity contribution in [2.24, 2.45) is 0 Å². The van der Waals surface area contributed by atoms with Gasteiger partial charge in [-0.3, -0.25) is 9.36 Å². The average molecular weight is 362 g/mol. The van der Waals surface area contributed by atoms with Gasteiger partial charge in [0.2, 0.25) is 0 Å². The van der Waals surface area contributed by atoms with Crippen LogP contribution in [0.25, 0.3) is 0 Å². The van der Waals surface area contributed by atoms with Crippen LogP contribution in [0, 0.1) is 0 Å². The maximum Gasteiger partial charge on any atom is 0.399 e. The van der Waals surface area contributed by atoms with Crippen LogP contribution in [0.1, 0.15) is 38.7 Å². The van der Waals surface area contributed by atoms with Crippen LogP contribution in [0.4, 0.5) is 8.78 Å². The molecule has 8 heteroatoms. The van der Waals surface area contributed by atoms with Gasteiger partial charge < -0.3 is 13.8 Å². The Morgan fingerprint density at radius 2 is 1.79 bits per heavy atom. The quantitative estimate of drug-likeness (QED) is 0.504. The molecule has 1 aromatic rings. The maximum absolute atomic E-state index is 14.9. The van der Waals surface area contributed by atoms with E-state index in [4.69, 9.17) is 13.8 Å². The smallest absolute Gasteiger partial charge is 0.399 e. The van der Waals surface area contributed by atoms with E-state index >= 15 is 0 Å². The second kappa shape index (κ2) is 7.30. The van der Waals surface area contributed by atoms with Gasteiger partial charge in [-0.05, 0) is 19.4 Å². The van der Waals surface area contributed by atoms with Crippen LogP contribution in [0.5, 0.6) is 0 Å². The molecule has 24 heavy (non-hydrogen) atoms. The molecular weight excluding hydrogens is 341 g/mol. The van der Waals surface area contributed by atoms with Crippen LogP contribution < -0.4 is 0 Å². The third kappa shape index (κ3) is 3.68. The Balaban J connectivity index is 2.39. The molecule has 1 aliphatic heterocycles. The predicted octanol–water partition coefficient (Wildman–Crippen LogP) is 4.47. The third-order valence-corrected chi connectivity index (χ3v) is 5.99. The summed E-state index contributed by atoms with van der Waals surface area (Å²) in [6.07, 6.45) is -0.838. The minimum absolute atomic E-state index is 0.0263. The van der Waals surface area contributed by atoms with E-state index in [9.17, 15) is 18.1 Å². The molecule has 0 bridgehead atoms. The van der Waals surface area contributed by atoms with Gasteiger partial charge in [0, 0.05) is 12.8 Å². The van der Waals surface area contributed by atoms with Gasteiger partial charge in [-0.2, -0.15) is 8.78 Å².